The number of carbonyl (C=O) groups excluding carboxylic acids is 1. The Morgan fingerprint density at radius 3 is 2.88 bits per heavy atom. The summed E-state index contributed by atoms with van der Waals surface area (Å²) < 4.78 is 12.7. The summed E-state index contributed by atoms with van der Waals surface area (Å²) in [6.07, 6.45) is 3.54. The second-order valence-corrected chi connectivity index (χ2v) is 5.41. The predicted octanol–water partition coefficient (Wildman–Crippen LogP) is 3.02. The molecule has 0 spiro atoms. The number of nitrogens with zero attached hydrogens (tertiary/aromatic N) is 2. The second-order valence-electron chi connectivity index (χ2n) is 5.41. The molecule has 0 aliphatic heterocycles. The lowest BCUT2D eigenvalue weighted by Crippen LogP contribution is -2.26. The van der Waals surface area contributed by atoms with E-state index < -0.39 is 0 Å². The number of para-hydroxylation sites is 1. The van der Waals surface area contributed by atoms with Crippen molar-refractivity contribution in [3.8, 4) is 5.75 Å². The summed E-state index contributed by atoms with van der Waals surface area (Å²) in [5.41, 5.74) is 0.914. The molecule has 6 nitrogen and oxygen atoms in total. The smallest absolute Gasteiger partial charge is 0.287 e. The monoisotopic (exact) mass is 325 g/mol. The lowest BCUT2D eigenvalue weighted by molar-refractivity contribution is 0.0909. The van der Waals surface area contributed by atoms with Gasteiger partial charge in [0.1, 0.15) is 11.5 Å². The fourth-order valence-electron chi connectivity index (χ4n) is 2.51. The van der Waals surface area contributed by atoms with E-state index in [4.69, 9.17) is 9.15 Å². The topological polar surface area (TPSA) is 69.3 Å². The van der Waals surface area contributed by atoms with E-state index in [1.165, 1.54) is 0 Å². The molecule has 0 radical (unpaired) electrons. The van der Waals surface area contributed by atoms with E-state index in [-0.39, 0.29) is 17.7 Å². The van der Waals surface area contributed by atoms with Crippen LogP contribution in [0.3, 0.4) is 0 Å². The summed E-state index contributed by atoms with van der Waals surface area (Å²) in [5.74, 6) is 1.43. The number of furan rings is 1. The van der Waals surface area contributed by atoms with Crippen LogP contribution in [0.25, 0.3) is 0 Å². The third-order valence-corrected chi connectivity index (χ3v) is 3.72. The predicted molar refractivity (Wildman–Crippen MR) is 88.9 cm³/mol. The number of aromatic nitrogens is 2. The Hall–Kier alpha value is -3.02. The summed E-state index contributed by atoms with van der Waals surface area (Å²) in [7, 11) is 1.61. The molecule has 0 bridgehead atoms. The standard InChI is InChI=1S/C18H19N3O3/c1-13(15-6-3-4-7-16(15)23-2)20-18(22)17-9-8-14(24-17)12-21-11-5-10-19-21/h3-11,13H,12H2,1-2H3,(H,20,22)/t13-/m0/s1. The Bertz CT molecular complexity index is 809. The number of carbonyl (C=O) groups is 1. The van der Waals surface area contributed by atoms with Crippen LogP contribution in [0.4, 0.5) is 0 Å². The van der Waals surface area contributed by atoms with Crippen molar-refractivity contribution in [3.05, 3.63) is 71.9 Å². The second kappa shape index (κ2) is 7.04. The van der Waals surface area contributed by atoms with Gasteiger partial charge in [-0.15, -0.1) is 0 Å². The van der Waals surface area contributed by atoms with Crippen molar-refractivity contribution in [2.75, 3.05) is 7.11 Å². The van der Waals surface area contributed by atoms with Crippen molar-refractivity contribution < 1.29 is 13.9 Å². The van der Waals surface area contributed by atoms with Crippen LogP contribution in [0.15, 0.2) is 59.3 Å². The van der Waals surface area contributed by atoms with E-state index in [2.05, 4.69) is 10.4 Å². The fourth-order valence-corrected chi connectivity index (χ4v) is 2.51. The molecule has 0 aliphatic rings. The third kappa shape index (κ3) is 3.48. The number of methoxy groups -OCH3 is 1. The Balaban J connectivity index is 1.67. The van der Waals surface area contributed by atoms with E-state index in [1.54, 1.807) is 30.1 Å². The molecule has 6 heteroatoms. The molecule has 1 aromatic carbocycles. The minimum Gasteiger partial charge on any atom is -0.496 e. The highest BCUT2D eigenvalue weighted by Crippen LogP contribution is 2.24. The molecule has 2 aromatic heterocycles. The Morgan fingerprint density at radius 1 is 1.29 bits per heavy atom. The van der Waals surface area contributed by atoms with E-state index in [9.17, 15) is 4.79 Å². The average molecular weight is 325 g/mol. The average Bonchev–Trinajstić information content (AvgIpc) is 3.27. The summed E-state index contributed by atoms with van der Waals surface area (Å²) >= 11 is 0. The maximum atomic E-state index is 12.4. The molecule has 1 N–H and O–H groups in total. The van der Waals surface area contributed by atoms with Gasteiger partial charge in [-0.25, -0.2) is 0 Å². The van der Waals surface area contributed by atoms with Gasteiger partial charge in [0.25, 0.3) is 5.91 Å². The van der Waals surface area contributed by atoms with Crippen molar-refractivity contribution in [2.24, 2.45) is 0 Å². The number of ether oxygens (including phenoxy) is 1. The Morgan fingerprint density at radius 2 is 2.12 bits per heavy atom. The van der Waals surface area contributed by atoms with Crippen molar-refractivity contribution in [2.45, 2.75) is 19.5 Å². The van der Waals surface area contributed by atoms with Crippen LogP contribution in [-0.2, 0) is 6.54 Å². The minimum atomic E-state index is -0.264. The summed E-state index contributed by atoms with van der Waals surface area (Å²) in [4.78, 5) is 12.4. The molecule has 3 aromatic rings. The molecule has 0 saturated carbocycles. The zero-order chi connectivity index (χ0) is 16.9. The van der Waals surface area contributed by atoms with Crippen molar-refractivity contribution in [3.63, 3.8) is 0 Å². The maximum Gasteiger partial charge on any atom is 0.287 e. The highest BCUT2D eigenvalue weighted by molar-refractivity contribution is 5.91. The third-order valence-electron chi connectivity index (χ3n) is 3.72. The minimum absolute atomic E-state index is 0.201. The molecular weight excluding hydrogens is 306 g/mol. The summed E-state index contributed by atoms with van der Waals surface area (Å²) in [6, 6.07) is 12.7. The number of amides is 1. The highest BCUT2D eigenvalue weighted by Gasteiger charge is 2.17. The van der Waals surface area contributed by atoms with Crippen LogP contribution in [0, 0.1) is 0 Å². The molecule has 3 rings (SSSR count). The van der Waals surface area contributed by atoms with Gasteiger partial charge >= 0.3 is 0 Å². The van der Waals surface area contributed by atoms with Gasteiger partial charge in [0.2, 0.25) is 0 Å². The highest BCUT2D eigenvalue weighted by atomic mass is 16.5. The molecule has 1 amide bonds. The zero-order valence-corrected chi connectivity index (χ0v) is 13.6. The first-order valence-corrected chi connectivity index (χ1v) is 7.67. The maximum absolute atomic E-state index is 12.4. The SMILES string of the molecule is COc1ccccc1[C@H](C)NC(=O)c1ccc(Cn2cccn2)o1. The number of hydrogen-bond acceptors (Lipinski definition) is 4. The van der Waals surface area contributed by atoms with Crippen molar-refractivity contribution >= 4 is 5.91 Å². The quantitative estimate of drug-likeness (QED) is 0.756. The van der Waals surface area contributed by atoms with Crippen molar-refractivity contribution in [1.82, 2.24) is 15.1 Å². The first-order chi connectivity index (χ1) is 11.7. The van der Waals surface area contributed by atoms with E-state index in [0.29, 0.717) is 12.3 Å². The largest absolute Gasteiger partial charge is 0.496 e. The van der Waals surface area contributed by atoms with Gasteiger partial charge in [-0.2, -0.15) is 5.10 Å². The molecule has 2 heterocycles. The summed E-state index contributed by atoms with van der Waals surface area (Å²) in [5, 5.41) is 7.04. The zero-order valence-electron chi connectivity index (χ0n) is 13.6. The van der Waals surface area contributed by atoms with Crippen LogP contribution >= 0.6 is 0 Å². The van der Waals surface area contributed by atoms with Gasteiger partial charge in [-0.1, -0.05) is 18.2 Å². The molecule has 0 unspecified atom stereocenters. The fraction of sp³-hybridized carbons (Fsp3) is 0.222. The van der Waals surface area contributed by atoms with Crippen LogP contribution in [-0.4, -0.2) is 22.8 Å². The van der Waals surface area contributed by atoms with Gasteiger partial charge in [-0.05, 0) is 31.2 Å². The Kier molecular flexibility index (Phi) is 4.65. The lowest BCUT2D eigenvalue weighted by Gasteiger charge is -2.16. The first kappa shape index (κ1) is 15.9. The molecule has 124 valence electrons. The van der Waals surface area contributed by atoms with Crippen LogP contribution < -0.4 is 10.1 Å². The van der Waals surface area contributed by atoms with Gasteiger partial charge < -0.3 is 14.5 Å². The number of benzene rings is 1. The normalized spacial score (nSPS) is 11.9. The number of hydrogen-bond donors (Lipinski definition) is 1. The van der Waals surface area contributed by atoms with Crippen LogP contribution in [0.5, 0.6) is 5.75 Å². The van der Waals surface area contributed by atoms with E-state index in [1.807, 2.05) is 43.5 Å². The number of nitrogens with one attached hydrogen (secondary N) is 1. The van der Waals surface area contributed by atoms with Crippen LogP contribution in [0.2, 0.25) is 0 Å². The molecule has 0 aliphatic carbocycles. The molecule has 0 fully saturated rings. The Labute approximate surface area is 140 Å². The van der Waals surface area contributed by atoms with E-state index >= 15 is 0 Å². The summed E-state index contributed by atoms with van der Waals surface area (Å²) in [6.45, 7) is 2.39. The molecule has 0 saturated heterocycles. The van der Waals surface area contributed by atoms with Crippen LogP contribution in [0.1, 0.15) is 34.8 Å². The van der Waals surface area contributed by atoms with Gasteiger partial charge in [0.05, 0.1) is 19.7 Å². The first-order valence-electron chi connectivity index (χ1n) is 7.67. The molecule has 24 heavy (non-hydrogen) atoms. The molecule has 1 atom stereocenters. The van der Waals surface area contributed by atoms with Gasteiger partial charge in [0, 0.05) is 18.0 Å². The van der Waals surface area contributed by atoms with E-state index in [0.717, 1.165) is 11.3 Å². The van der Waals surface area contributed by atoms with Gasteiger partial charge in [-0.3, -0.25) is 9.48 Å². The van der Waals surface area contributed by atoms with Crippen molar-refractivity contribution in [1.29, 1.82) is 0 Å². The van der Waals surface area contributed by atoms with Gasteiger partial charge in [0.15, 0.2) is 5.76 Å². The lowest BCUT2D eigenvalue weighted by atomic mass is 10.1. The molecular formula is C18H19N3O3. The number of rotatable bonds is 6.